The van der Waals surface area contributed by atoms with E-state index in [0.717, 1.165) is 44.3 Å². The van der Waals surface area contributed by atoms with Crippen molar-refractivity contribution in [2.75, 3.05) is 25.9 Å². The highest BCUT2D eigenvalue weighted by atomic mass is 35.5. The molecule has 3 aliphatic heterocycles. The lowest BCUT2D eigenvalue weighted by Crippen LogP contribution is -2.57. The molecule has 0 aliphatic carbocycles. The summed E-state index contributed by atoms with van der Waals surface area (Å²) in [6.45, 7) is 2.55. The molecule has 2 saturated heterocycles. The van der Waals surface area contributed by atoms with E-state index in [4.69, 9.17) is 0 Å². The van der Waals surface area contributed by atoms with Crippen molar-refractivity contribution < 1.29 is 12.8 Å². The molecule has 3 atom stereocenters. The lowest BCUT2D eigenvalue weighted by atomic mass is 9.77. The molecule has 4 rings (SSSR count). The van der Waals surface area contributed by atoms with Crippen molar-refractivity contribution in [3.8, 4) is 0 Å². The Balaban J connectivity index is 0.00000169. The number of hydrogen-bond donors (Lipinski definition) is 0. The first-order chi connectivity index (χ1) is 10.9. The lowest BCUT2D eigenvalue weighted by molar-refractivity contribution is 0.0222. The molecule has 3 aliphatic rings. The Morgan fingerprint density at radius 3 is 2.79 bits per heavy atom. The van der Waals surface area contributed by atoms with Crippen molar-refractivity contribution >= 4 is 22.4 Å². The number of sulfonamides is 1. The summed E-state index contributed by atoms with van der Waals surface area (Å²) >= 11 is 0. The maximum atomic E-state index is 13.5. The fraction of sp³-hybridized carbons (Fsp3) is 0.647. The quantitative estimate of drug-likeness (QED) is 0.758. The standard InChI is InChI=1S/C17H23FN2O2S.ClH/c1-23(21,22)20-7-2-3-13-11-19-8-6-12-9-14(18)4-5-15(12)17(19)10-16(13)20;/h4-5,9,13,16-17H,2-3,6-8,10-11H2,1H3;1H/t13-,16+,17-;/m1./s1. The molecule has 0 spiro atoms. The lowest BCUT2D eigenvalue weighted by Gasteiger charge is -2.51. The summed E-state index contributed by atoms with van der Waals surface area (Å²) < 4.78 is 39.5. The smallest absolute Gasteiger partial charge is 0.211 e. The fourth-order valence-corrected chi connectivity index (χ4v) is 6.01. The van der Waals surface area contributed by atoms with Gasteiger partial charge in [0.25, 0.3) is 0 Å². The van der Waals surface area contributed by atoms with Crippen molar-refractivity contribution in [2.24, 2.45) is 5.92 Å². The maximum absolute atomic E-state index is 13.5. The highest BCUT2D eigenvalue weighted by Gasteiger charge is 2.44. The summed E-state index contributed by atoms with van der Waals surface area (Å²) in [6, 6.07) is 5.39. The number of nitrogens with zero attached hydrogens (tertiary/aromatic N) is 2. The molecule has 3 heterocycles. The third kappa shape index (κ3) is 3.09. The van der Waals surface area contributed by atoms with Crippen LogP contribution in [-0.4, -0.2) is 49.6 Å². The van der Waals surface area contributed by atoms with Crippen molar-refractivity contribution in [1.29, 1.82) is 0 Å². The molecule has 0 saturated carbocycles. The van der Waals surface area contributed by atoms with Gasteiger partial charge in [-0.3, -0.25) is 4.90 Å². The minimum Gasteiger partial charge on any atom is -0.296 e. The van der Waals surface area contributed by atoms with Crippen LogP contribution in [0, 0.1) is 11.7 Å². The van der Waals surface area contributed by atoms with Gasteiger partial charge in [-0.15, -0.1) is 12.4 Å². The average molecular weight is 375 g/mol. The van der Waals surface area contributed by atoms with Crippen LogP contribution in [0.15, 0.2) is 18.2 Å². The topological polar surface area (TPSA) is 40.6 Å². The molecule has 0 radical (unpaired) electrons. The van der Waals surface area contributed by atoms with Crippen LogP contribution < -0.4 is 0 Å². The summed E-state index contributed by atoms with van der Waals surface area (Å²) in [5, 5.41) is 0. The van der Waals surface area contributed by atoms with Gasteiger partial charge in [0.2, 0.25) is 10.0 Å². The molecular formula is C17H24ClFN2O2S. The van der Waals surface area contributed by atoms with Crippen LogP contribution in [0.5, 0.6) is 0 Å². The molecule has 1 aromatic rings. The maximum Gasteiger partial charge on any atom is 0.211 e. The molecular weight excluding hydrogens is 351 g/mol. The van der Waals surface area contributed by atoms with Gasteiger partial charge >= 0.3 is 0 Å². The second-order valence-electron chi connectivity index (χ2n) is 7.18. The Labute approximate surface area is 149 Å². The molecule has 0 bridgehead atoms. The number of halogens is 2. The summed E-state index contributed by atoms with van der Waals surface area (Å²) in [4.78, 5) is 2.48. The number of piperidine rings is 2. The Kier molecular flexibility index (Phi) is 4.95. The van der Waals surface area contributed by atoms with Crippen LogP contribution in [-0.2, 0) is 16.4 Å². The molecule has 7 heteroatoms. The van der Waals surface area contributed by atoms with E-state index < -0.39 is 10.0 Å². The van der Waals surface area contributed by atoms with Gasteiger partial charge in [0.1, 0.15) is 5.82 Å². The first-order valence-electron chi connectivity index (χ1n) is 8.42. The number of rotatable bonds is 1. The average Bonchev–Trinajstić information content (AvgIpc) is 2.51. The first-order valence-corrected chi connectivity index (χ1v) is 10.3. The van der Waals surface area contributed by atoms with Crippen molar-refractivity contribution in [3.05, 3.63) is 35.1 Å². The zero-order valence-corrected chi connectivity index (χ0v) is 15.5. The van der Waals surface area contributed by atoms with Crippen LogP contribution in [0.25, 0.3) is 0 Å². The van der Waals surface area contributed by atoms with E-state index in [0.29, 0.717) is 12.5 Å². The van der Waals surface area contributed by atoms with Crippen LogP contribution in [0.4, 0.5) is 4.39 Å². The van der Waals surface area contributed by atoms with Gasteiger partial charge in [0.05, 0.1) is 6.26 Å². The van der Waals surface area contributed by atoms with Crippen molar-refractivity contribution in [2.45, 2.75) is 37.8 Å². The third-order valence-corrected chi connectivity index (χ3v) is 7.11. The third-order valence-electron chi connectivity index (χ3n) is 5.80. The van der Waals surface area contributed by atoms with Gasteiger partial charge in [-0.1, -0.05) is 6.07 Å². The SMILES string of the molecule is CS(=O)(=O)N1CCC[C@@H]2CN3CCc4cc(F)ccc4[C@H]3C[C@@H]21.Cl. The van der Waals surface area contributed by atoms with E-state index in [1.54, 1.807) is 10.4 Å². The molecule has 1 aromatic carbocycles. The zero-order valence-electron chi connectivity index (χ0n) is 13.8. The minimum atomic E-state index is -3.16. The van der Waals surface area contributed by atoms with Crippen molar-refractivity contribution in [1.82, 2.24) is 9.21 Å². The number of benzene rings is 1. The molecule has 0 amide bonds. The predicted molar refractivity (Wildman–Crippen MR) is 94.3 cm³/mol. The van der Waals surface area contributed by atoms with E-state index in [1.165, 1.54) is 17.9 Å². The Bertz CT molecular complexity index is 727. The molecule has 0 aromatic heterocycles. The van der Waals surface area contributed by atoms with Gasteiger partial charge in [-0.2, -0.15) is 4.31 Å². The van der Waals surface area contributed by atoms with Crippen molar-refractivity contribution in [3.63, 3.8) is 0 Å². The predicted octanol–water partition coefficient (Wildman–Crippen LogP) is 2.59. The van der Waals surface area contributed by atoms with Gasteiger partial charge in [-0.05, 0) is 54.9 Å². The molecule has 2 fully saturated rings. The van der Waals surface area contributed by atoms with Crippen LogP contribution in [0.3, 0.4) is 0 Å². The second-order valence-corrected chi connectivity index (χ2v) is 9.12. The molecule has 0 N–H and O–H groups in total. The van der Waals surface area contributed by atoms with E-state index in [2.05, 4.69) is 4.90 Å². The van der Waals surface area contributed by atoms with E-state index in [-0.39, 0.29) is 30.3 Å². The second kappa shape index (κ2) is 6.56. The number of fused-ring (bicyclic) bond motifs is 4. The summed E-state index contributed by atoms with van der Waals surface area (Å²) in [7, 11) is -3.16. The highest BCUT2D eigenvalue weighted by molar-refractivity contribution is 7.88. The largest absolute Gasteiger partial charge is 0.296 e. The van der Waals surface area contributed by atoms with Gasteiger partial charge in [0.15, 0.2) is 0 Å². The summed E-state index contributed by atoms with van der Waals surface area (Å²) in [5.74, 6) is 0.248. The van der Waals surface area contributed by atoms with Crippen LogP contribution in [0.1, 0.15) is 36.4 Å². The normalized spacial score (nSPS) is 30.7. The Morgan fingerprint density at radius 2 is 2.04 bits per heavy atom. The monoisotopic (exact) mass is 374 g/mol. The number of hydrogen-bond acceptors (Lipinski definition) is 3. The molecule has 24 heavy (non-hydrogen) atoms. The first kappa shape index (κ1) is 18.1. The van der Waals surface area contributed by atoms with E-state index in [9.17, 15) is 12.8 Å². The molecule has 0 unspecified atom stereocenters. The Morgan fingerprint density at radius 1 is 1.25 bits per heavy atom. The van der Waals surface area contributed by atoms with Crippen LogP contribution in [0.2, 0.25) is 0 Å². The summed E-state index contributed by atoms with van der Waals surface area (Å²) in [5.41, 5.74) is 2.28. The summed E-state index contributed by atoms with van der Waals surface area (Å²) in [6.07, 6.45) is 5.10. The van der Waals surface area contributed by atoms with Gasteiger partial charge < -0.3 is 0 Å². The van der Waals surface area contributed by atoms with Crippen LogP contribution >= 0.6 is 12.4 Å². The fourth-order valence-electron chi connectivity index (χ4n) is 4.79. The van der Waals surface area contributed by atoms with E-state index >= 15 is 0 Å². The molecule has 134 valence electrons. The van der Waals surface area contributed by atoms with E-state index in [1.807, 2.05) is 6.07 Å². The van der Waals surface area contributed by atoms with Gasteiger partial charge in [0, 0.05) is 31.7 Å². The molecule has 4 nitrogen and oxygen atoms in total. The zero-order chi connectivity index (χ0) is 16.2. The van der Waals surface area contributed by atoms with Gasteiger partial charge in [-0.25, -0.2) is 12.8 Å². The Hall–Kier alpha value is -0.690. The minimum absolute atomic E-state index is 0. The highest BCUT2D eigenvalue weighted by Crippen LogP contribution is 2.43.